The van der Waals surface area contributed by atoms with Crippen LogP contribution in [0.25, 0.3) is 0 Å². The summed E-state index contributed by atoms with van der Waals surface area (Å²) in [6, 6.07) is 14.9. The fourth-order valence-electron chi connectivity index (χ4n) is 3.04. The third-order valence-corrected chi connectivity index (χ3v) is 4.42. The molecular weight excluding hydrogens is 338 g/mol. The highest BCUT2D eigenvalue weighted by Crippen LogP contribution is 2.24. The Morgan fingerprint density at radius 3 is 2.60 bits per heavy atom. The number of carbonyl (C=O) groups excluding carboxylic acids is 1. The topological polar surface area (TPSA) is 38.8 Å². The number of hydrogen-bond donors (Lipinski definition) is 0. The van der Waals surface area contributed by atoms with Crippen LogP contribution in [0.15, 0.2) is 48.5 Å². The maximum atomic E-state index is 12.8. The van der Waals surface area contributed by atoms with E-state index in [1.807, 2.05) is 61.2 Å². The van der Waals surface area contributed by atoms with Gasteiger partial charge in [0, 0.05) is 18.7 Å². The smallest absolute Gasteiger partial charge is 0.254 e. The van der Waals surface area contributed by atoms with Gasteiger partial charge in [0.05, 0.1) is 17.2 Å². The lowest BCUT2D eigenvalue weighted by Gasteiger charge is -2.35. The van der Waals surface area contributed by atoms with Crippen molar-refractivity contribution in [3.8, 4) is 5.75 Å². The summed E-state index contributed by atoms with van der Waals surface area (Å²) in [6.45, 7) is 5.57. The van der Waals surface area contributed by atoms with Crippen LogP contribution in [0, 0.1) is 0 Å². The Kier molecular flexibility index (Phi) is 5.61. The summed E-state index contributed by atoms with van der Waals surface area (Å²) in [6.07, 6.45) is 0.110. The highest BCUT2D eigenvalue weighted by Gasteiger charge is 2.26. The molecule has 1 aliphatic heterocycles. The molecule has 2 atom stereocenters. The van der Waals surface area contributed by atoms with Gasteiger partial charge in [-0.25, -0.2) is 0 Å². The molecule has 1 amide bonds. The van der Waals surface area contributed by atoms with Crippen LogP contribution in [0.3, 0.4) is 0 Å². The highest BCUT2D eigenvalue weighted by atomic mass is 35.5. The largest absolute Gasteiger partial charge is 0.487 e. The average Bonchev–Trinajstić information content (AvgIpc) is 2.60. The van der Waals surface area contributed by atoms with E-state index in [2.05, 4.69) is 0 Å². The monoisotopic (exact) mass is 359 g/mol. The molecule has 0 radical (unpaired) electrons. The molecule has 1 aliphatic rings. The zero-order valence-corrected chi connectivity index (χ0v) is 15.2. The molecular formula is C20H22ClNO3. The SMILES string of the molecule is C[C@@H]1CN(C(=O)c2cccc(COc3ccccc3Cl)c2)C[C@H](C)O1. The fraction of sp³-hybridized carbons (Fsp3) is 0.350. The molecule has 4 nitrogen and oxygen atoms in total. The second-order valence-corrected chi connectivity index (χ2v) is 6.79. The van der Waals surface area contributed by atoms with Crippen LogP contribution in [0.5, 0.6) is 5.75 Å². The van der Waals surface area contributed by atoms with Gasteiger partial charge in [-0.05, 0) is 43.7 Å². The molecule has 0 aliphatic carbocycles. The van der Waals surface area contributed by atoms with Crippen molar-refractivity contribution in [1.29, 1.82) is 0 Å². The molecule has 2 aromatic rings. The maximum Gasteiger partial charge on any atom is 0.254 e. The molecule has 2 aromatic carbocycles. The predicted molar refractivity (Wildman–Crippen MR) is 98.1 cm³/mol. The van der Waals surface area contributed by atoms with Crippen LogP contribution in [0.2, 0.25) is 5.02 Å². The van der Waals surface area contributed by atoms with Gasteiger partial charge < -0.3 is 14.4 Å². The molecule has 3 rings (SSSR count). The fourth-order valence-corrected chi connectivity index (χ4v) is 3.23. The standard InChI is InChI=1S/C20H22ClNO3/c1-14-11-22(12-15(2)25-14)20(23)17-7-5-6-16(10-17)13-24-19-9-4-3-8-18(19)21/h3-10,14-15H,11-13H2,1-2H3/t14-,15+. The van der Waals surface area contributed by atoms with Crippen molar-refractivity contribution < 1.29 is 14.3 Å². The van der Waals surface area contributed by atoms with Crippen molar-refractivity contribution in [2.45, 2.75) is 32.7 Å². The number of para-hydroxylation sites is 1. The average molecular weight is 360 g/mol. The molecule has 25 heavy (non-hydrogen) atoms. The van der Waals surface area contributed by atoms with Crippen molar-refractivity contribution in [2.75, 3.05) is 13.1 Å². The lowest BCUT2D eigenvalue weighted by Crippen LogP contribution is -2.48. The lowest BCUT2D eigenvalue weighted by atomic mass is 10.1. The van der Waals surface area contributed by atoms with Crippen molar-refractivity contribution in [3.05, 3.63) is 64.7 Å². The van der Waals surface area contributed by atoms with Crippen LogP contribution in [-0.4, -0.2) is 36.1 Å². The summed E-state index contributed by atoms with van der Waals surface area (Å²) in [4.78, 5) is 14.6. The van der Waals surface area contributed by atoms with Gasteiger partial charge in [0.1, 0.15) is 12.4 Å². The number of halogens is 1. The van der Waals surface area contributed by atoms with E-state index in [-0.39, 0.29) is 18.1 Å². The van der Waals surface area contributed by atoms with Gasteiger partial charge in [0.15, 0.2) is 0 Å². The molecule has 0 aromatic heterocycles. The summed E-state index contributed by atoms with van der Waals surface area (Å²) in [5.41, 5.74) is 1.60. The van der Waals surface area contributed by atoms with Gasteiger partial charge in [0.25, 0.3) is 5.91 Å². The third kappa shape index (κ3) is 4.53. The molecule has 0 N–H and O–H groups in total. The minimum absolute atomic E-state index is 0.0293. The molecule has 0 spiro atoms. The first kappa shape index (κ1) is 17.8. The number of carbonyl (C=O) groups is 1. The normalized spacial score (nSPS) is 20.4. The predicted octanol–water partition coefficient (Wildman–Crippen LogP) is 4.17. The first-order chi connectivity index (χ1) is 12.0. The zero-order valence-electron chi connectivity index (χ0n) is 14.4. The van der Waals surface area contributed by atoms with Crippen LogP contribution in [-0.2, 0) is 11.3 Å². The zero-order chi connectivity index (χ0) is 17.8. The summed E-state index contributed by atoms with van der Waals surface area (Å²) >= 11 is 6.10. The Hall–Kier alpha value is -2.04. The van der Waals surface area contributed by atoms with Crippen LogP contribution >= 0.6 is 11.6 Å². The summed E-state index contributed by atoms with van der Waals surface area (Å²) in [7, 11) is 0. The van der Waals surface area contributed by atoms with Crippen molar-refractivity contribution in [3.63, 3.8) is 0 Å². The Morgan fingerprint density at radius 1 is 1.16 bits per heavy atom. The minimum atomic E-state index is 0.0293. The molecule has 1 saturated heterocycles. The van der Waals surface area contributed by atoms with E-state index in [9.17, 15) is 4.79 Å². The quantitative estimate of drug-likeness (QED) is 0.822. The van der Waals surface area contributed by atoms with E-state index in [1.54, 1.807) is 6.07 Å². The molecule has 1 heterocycles. The number of rotatable bonds is 4. The first-order valence-electron chi connectivity index (χ1n) is 8.44. The van der Waals surface area contributed by atoms with Gasteiger partial charge in [-0.3, -0.25) is 4.79 Å². The van der Waals surface area contributed by atoms with Crippen molar-refractivity contribution >= 4 is 17.5 Å². The lowest BCUT2D eigenvalue weighted by molar-refractivity contribution is -0.0586. The van der Waals surface area contributed by atoms with Gasteiger partial charge in [-0.2, -0.15) is 0 Å². The third-order valence-electron chi connectivity index (χ3n) is 4.11. The van der Waals surface area contributed by atoms with Crippen LogP contribution in [0.1, 0.15) is 29.8 Å². The van der Waals surface area contributed by atoms with E-state index >= 15 is 0 Å². The van der Waals surface area contributed by atoms with Gasteiger partial charge in [-0.15, -0.1) is 0 Å². The summed E-state index contributed by atoms with van der Waals surface area (Å²) in [5, 5.41) is 0.575. The van der Waals surface area contributed by atoms with Crippen molar-refractivity contribution in [2.24, 2.45) is 0 Å². The van der Waals surface area contributed by atoms with E-state index < -0.39 is 0 Å². The van der Waals surface area contributed by atoms with Gasteiger partial charge in [-0.1, -0.05) is 35.9 Å². The summed E-state index contributed by atoms with van der Waals surface area (Å²) < 4.78 is 11.5. The van der Waals surface area contributed by atoms with E-state index in [1.165, 1.54) is 0 Å². The molecule has 0 unspecified atom stereocenters. The van der Waals surface area contributed by atoms with Crippen LogP contribution in [0.4, 0.5) is 0 Å². The first-order valence-corrected chi connectivity index (χ1v) is 8.81. The van der Waals surface area contributed by atoms with E-state index in [4.69, 9.17) is 21.1 Å². The Morgan fingerprint density at radius 2 is 1.88 bits per heavy atom. The Balaban J connectivity index is 1.68. The van der Waals surface area contributed by atoms with Gasteiger partial charge in [0.2, 0.25) is 0 Å². The van der Waals surface area contributed by atoms with Crippen molar-refractivity contribution in [1.82, 2.24) is 4.90 Å². The number of hydrogen-bond acceptors (Lipinski definition) is 3. The highest BCUT2D eigenvalue weighted by molar-refractivity contribution is 6.32. The van der Waals surface area contributed by atoms with E-state index in [0.717, 1.165) is 5.56 Å². The minimum Gasteiger partial charge on any atom is -0.487 e. The molecule has 0 saturated carbocycles. The second-order valence-electron chi connectivity index (χ2n) is 6.39. The molecule has 5 heteroatoms. The summed E-state index contributed by atoms with van der Waals surface area (Å²) in [5.74, 6) is 0.665. The maximum absolute atomic E-state index is 12.8. The van der Waals surface area contributed by atoms with E-state index in [0.29, 0.717) is 36.0 Å². The molecule has 132 valence electrons. The number of nitrogens with zero attached hydrogens (tertiary/aromatic N) is 1. The Bertz CT molecular complexity index is 739. The number of ether oxygens (including phenoxy) is 2. The number of benzene rings is 2. The number of morpholine rings is 1. The number of amides is 1. The Labute approximate surface area is 153 Å². The second kappa shape index (κ2) is 7.89. The molecule has 0 bridgehead atoms. The van der Waals surface area contributed by atoms with Gasteiger partial charge >= 0.3 is 0 Å². The molecule has 1 fully saturated rings. The van der Waals surface area contributed by atoms with Crippen LogP contribution < -0.4 is 4.74 Å².